The zero-order valence-corrected chi connectivity index (χ0v) is 13.7. The highest BCUT2D eigenvalue weighted by molar-refractivity contribution is 7.92. The number of carbonyl (C=O) groups excluding carboxylic acids is 1. The third-order valence-corrected chi connectivity index (χ3v) is 6.82. The Bertz CT molecular complexity index is 841. The van der Waals surface area contributed by atoms with Crippen LogP contribution in [0.25, 0.3) is 5.52 Å². The van der Waals surface area contributed by atoms with Crippen LogP contribution in [0, 0.1) is 6.92 Å². The van der Waals surface area contributed by atoms with Gasteiger partial charge in [0.1, 0.15) is 5.82 Å². The van der Waals surface area contributed by atoms with Crippen LogP contribution < -0.4 is 0 Å². The minimum atomic E-state index is -3.12. The van der Waals surface area contributed by atoms with Crippen molar-refractivity contribution in [1.29, 1.82) is 0 Å². The van der Waals surface area contributed by atoms with Crippen LogP contribution in [-0.4, -0.2) is 52.2 Å². The molecule has 1 saturated heterocycles. The number of aryl methyl sites for hydroxylation is 1. The molecule has 0 aliphatic carbocycles. The minimum absolute atomic E-state index is 0.00894. The molecular weight excluding hydrogens is 302 g/mol. The highest BCUT2D eigenvalue weighted by Gasteiger charge is 2.39. The molecule has 22 heavy (non-hydrogen) atoms. The van der Waals surface area contributed by atoms with E-state index in [9.17, 15) is 13.2 Å². The molecule has 1 aliphatic rings. The van der Waals surface area contributed by atoms with E-state index in [2.05, 4.69) is 4.98 Å². The van der Waals surface area contributed by atoms with E-state index < -0.39 is 15.1 Å². The zero-order chi connectivity index (χ0) is 16.1. The van der Waals surface area contributed by atoms with Crippen molar-refractivity contribution in [3.63, 3.8) is 0 Å². The van der Waals surface area contributed by atoms with E-state index >= 15 is 0 Å². The first kappa shape index (κ1) is 15.0. The van der Waals surface area contributed by atoms with E-state index in [1.54, 1.807) is 18.7 Å². The largest absolute Gasteiger partial charge is 0.332 e. The van der Waals surface area contributed by atoms with E-state index in [1.165, 1.54) is 0 Å². The zero-order valence-electron chi connectivity index (χ0n) is 12.9. The van der Waals surface area contributed by atoms with Crippen LogP contribution in [0.3, 0.4) is 0 Å². The summed E-state index contributed by atoms with van der Waals surface area (Å²) < 4.78 is 25.8. The Morgan fingerprint density at radius 2 is 2.05 bits per heavy atom. The van der Waals surface area contributed by atoms with Gasteiger partial charge in [0.25, 0.3) is 5.91 Å². The van der Waals surface area contributed by atoms with Crippen molar-refractivity contribution < 1.29 is 13.2 Å². The van der Waals surface area contributed by atoms with Crippen LogP contribution in [0.15, 0.2) is 24.4 Å². The van der Waals surface area contributed by atoms with Gasteiger partial charge in [-0.15, -0.1) is 0 Å². The maximum Gasteiger partial charge on any atom is 0.275 e. The first-order valence-corrected chi connectivity index (χ1v) is 9.00. The summed E-state index contributed by atoms with van der Waals surface area (Å²) in [6.45, 7) is 5.51. The Labute approximate surface area is 129 Å². The number of sulfone groups is 1. The highest BCUT2D eigenvalue weighted by atomic mass is 32.2. The standard InChI is InChI=1S/C15H19N3O3S/c1-10-11(2)22(20,21)9-8-17(10)15(19)14-13-6-4-5-7-18(13)12(3)16-14/h4-7,10-11H,8-9H2,1-3H3/t10-,11+/m0/s1. The first-order chi connectivity index (χ1) is 10.3. The number of hydrogen-bond donors (Lipinski definition) is 0. The van der Waals surface area contributed by atoms with E-state index in [4.69, 9.17) is 0 Å². The molecule has 0 radical (unpaired) electrons. The molecule has 7 heteroatoms. The summed E-state index contributed by atoms with van der Waals surface area (Å²) in [5.41, 5.74) is 1.13. The molecule has 1 amide bonds. The molecule has 2 aromatic rings. The van der Waals surface area contributed by atoms with Crippen molar-refractivity contribution in [2.75, 3.05) is 12.3 Å². The first-order valence-electron chi connectivity index (χ1n) is 7.29. The van der Waals surface area contributed by atoms with Gasteiger partial charge in [0.15, 0.2) is 15.5 Å². The number of hydrogen-bond acceptors (Lipinski definition) is 4. The van der Waals surface area contributed by atoms with E-state index in [1.807, 2.05) is 35.7 Å². The second kappa shape index (κ2) is 5.08. The molecule has 1 aliphatic heterocycles. The fraction of sp³-hybridized carbons (Fsp3) is 0.467. The van der Waals surface area contributed by atoms with Gasteiger partial charge in [-0.2, -0.15) is 0 Å². The third kappa shape index (κ3) is 2.20. The molecule has 0 saturated carbocycles. The average molecular weight is 321 g/mol. The maximum absolute atomic E-state index is 12.8. The molecule has 0 N–H and O–H groups in total. The monoisotopic (exact) mass is 321 g/mol. The lowest BCUT2D eigenvalue weighted by atomic mass is 10.2. The number of rotatable bonds is 1. The van der Waals surface area contributed by atoms with Gasteiger partial charge in [0, 0.05) is 18.8 Å². The summed E-state index contributed by atoms with van der Waals surface area (Å²) in [6, 6.07) is 5.24. The molecular formula is C15H19N3O3S. The summed E-state index contributed by atoms with van der Waals surface area (Å²) in [7, 11) is -3.12. The Hall–Kier alpha value is -1.89. The fourth-order valence-electron chi connectivity index (χ4n) is 2.94. The molecule has 1 fully saturated rings. The smallest absolute Gasteiger partial charge is 0.275 e. The molecule has 0 aromatic carbocycles. The van der Waals surface area contributed by atoms with Crippen LogP contribution in [0.1, 0.15) is 30.2 Å². The lowest BCUT2D eigenvalue weighted by Gasteiger charge is -2.37. The summed E-state index contributed by atoms with van der Waals surface area (Å²) in [5.74, 6) is 0.546. The lowest BCUT2D eigenvalue weighted by molar-refractivity contribution is 0.0689. The van der Waals surface area contributed by atoms with E-state index in [0.717, 1.165) is 11.3 Å². The number of imidazole rings is 1. The van der Waals surface area contributed by atoms with Crippen molar-refractivity contribution >= 4 is 21.3 Å². The predicted molar refractivity (Wildman–Crippen MR) is 83.7 cm³/mol. The molecule has 2 aromatic heterocycles. The lowest BCUT2D eigenvalue weighted by Crippen LogP contribution is -2.54. The molecule has 118 valence electrons. The molecule has 0 unspecified atom stereocenters. The van der Waals surface area contributed by atoms with Crippen LogP contribution >= 0.6 is 0 Å². The second-order valence-electron chi connectivity index (χ2n) is 5.77. The van der Waals surface area contributed by atoms with Gasteiger partial charge in [0.05, 0.1) is 16.5 Å². The molecule has 3 heterocycles. The summed E-state index contributed by atoms with van der Waals surface area (Å²) in [4.78, 5) is 18.9. The number of aromatic nitrogens is 2. The van der Waals surface area contributed by atoms with E-state index in [-0.39, 0.29) is 24.2 Å². The van der Waals surface area contributed by atoms with Gasteiger partial charge in [-0.3, -0.25) is 4.79 Å². The van der Waals surface area contributed by atoms with Crippen molar-refractivity contribution in [2.45, 2.75) is 32.1 Å². The normalized spacial score (nSPS) is 24.6. The fourth-order valence-corrected chi connectivity index (χ4v) is 4.51. The van der Waals surface area contributed by atoms with Crippen LogP contribution in [0.5, 0.6) is 0 Å². The van der Waals surface area contributed by atoms with E-state index in [0.29, 0.717) is 5.69 Å². The van der Waals surface area contributed by atoms with Gasteiger partial charge in [-0.1, -0.05) is 6.07 Å². The van der Waals surface area contributed by atoms with Gasteiger partial charge in [0.2, 0.25) is 0 Å². The molecule has 0 spiro atoms. The molecule has 0 bridgehead atoms. The summed E-state index contributed by atoms with van der Waals surface area (Å²) >= 11 is 0. The number of carbonyl (C=O) groups is 1. The quantitative estimate of drug-likeness (QED) is 0.793. The molecule has 2 atom stereocenters. The molecule has 3 rings (SSSR count). The predicted octanol–water partition coefficient (Wildman–Crippen LogP) is 1.29. The Balaban J connectivity index is 2.00. The topological polar surface area (TPSA) is 71.8 Å². The van der Waals surface area contributed by atoms with Crippen LogP contribution in [0.4, 0.5) is 0 Å². The minimum Gasteiger partial charge on any atom is -0.332 e. The second-order valence-corrected chi connectivity index (χ2v) is 8.25. The van der Waals surface area contributed by atoms with Crippen LogP contribution in [-0.2, 0) is 9.84 Å². The Morgan fingerprint density at radius 1 is 1.32 bits per heavy atom. The Morgan fingerprint density at radius 3 is 2.77 bits per heavy atom. The Kier molecular flexibility index (Phi) is 3.47. The van der Waals surface area contributed by atoms with Crippen molar-refractivity contribution in [2.24, 2.45) is 0 Å². The van der Waals surface area contributed by atoms with Crippen molar-refractivity contribution in [1.82, 2.24) is 14.3 Å². The SMILES string of the molecule is Cc1nc(C(=O)N2CCS(=O)(=O)[C@H](C)[C@@H]2C)c2ccccn12. The maximum atomic E-state index is 12.8. The van der Waals surface area contributed by atoms with Gasteiger partial charge < -0.3 is 9.30 Å². The summed E-state index contributed by atoms with van der Waals surface area (Å²) in [6.07, 6.45) is 1.86. The average Bonchev–Trinajstić information content (AvgIpc) is 2.82. The van der Waals surface area contributed by atoms with Gasteiger partial charge in [-0.25, -0.2) is 13.4 Å². The van der Waals surface area contributed by atoms with Crippen molar-refractivity contribution in [3.8, 4) is 0 Å². The summed E-state index contributed by atoms with van der Waals surface area (Å²) in [5, 5.41) is -0.555. The molecule has 6 nitrogen and oxygen atoms in total. The number of nitrogens with zero attached hydrogens (tertiary/aromatic N) is 3. The third-order valence-electron chi connectivity index (χ3n) is 4.54. The number of pyridine rings is 1. The number of amides is 1. The highest BCUT2D eigenvalue weighted by Crippen LogP contribution is 2.23. The van der Waals surface area contributed by atoms with Crippen molar-refractivity contribution in [3.05, 3.63) is 35.9 Å². The van der Waals surface area contributed by atoms with Crippen LogP contribution in [0.2, 0.25) is 0 Å². The van der Waals surface area contributed by atoms with Gasteiger partial charge >= 0.3 is 0 Å². The van der Waals surface area contributed by atoms with Gasteiger partial charge in [-0.05, 0) is 32.9 Å². The number of fused-ring (bicyclic) bond motifs is 1.